The van der Waals surface area contributed by atoms with Gasteiger partial charge in [-0.05, 0) is 47.7 Å². The Hall–Kier alpha value is -2.36. The van der Waals surface area contributed by atoms with Gasteiger partial charge in [0.15, 0.2) is 0 Å². The number of benzene rings is 1. The van der Waals surface area contributed by atoms with Crippen LogP contribution in [-0.4, -0.2) is 96.2 Å². The molecule has 0 saturated carbocycles. The van der Waals surface area contributed by atoms with Crippen LogP contribution >= 0.6 is 0 Å². The standard InChI is InChI=1S/C27H35N3O5/c31-23-17-30(16-20-2-1-3-22(14-20)21-6-8-28-9-7-21)25-5-4-24(35-26(25)19-34-18-23)15-27(32)29-10-12-33-13-11-29/h1-3,6-9,14,23-26,31H,4-5,10-13,15-19H2/t23-,24-,25+,26-/m0/s1. The van der Waals surface area contributed by atoms with Gasteiger partial charge in [-0.2, -0.15) is 0 Å². The molecule has 3 saturated heterocycles. The van der Waals surface area contributed by atoms with Gasteiger partial charge in [-0.25, -0.2) is 0 Å². The summed E-state index contributed by atoms with van der Waals surface area (Å²) in [7, 11) is 0. The highest BCUT2D eigenvalue weighted by Gasteiger charge is 2.38. The van der Waals surface area contributed by atoms with Crippen molar-refractivity contribution in [3.05, 3.63) is 54.4 Å². The number of carbonyl (C=O) groups is 1. The zero-order chi connectivity index (χ0) is 24.0. The van der Waals surface area contributed by atoms with Crippen molar-refractivity contribution in [2.24, 2.45) is 0 Å². The Bertz CT molecular complexity index is 968. The number of aromatic nitrogens is 1. The number of hydrogen-bond donors (Lipinski definition) is 1. The van der Waals surface area contributed by atoms with Gasteiger partial charge in [-0.3, -0.25) is 14.7 Å². The fraction of sp³-hybridized carbons (Fsp3) is 0.556. The Morgan fingerprint density at radius 2 is 1.86 bits per heavy atom. The number of fused-ring (bicyclic) bond motifs is 1. The Morgan fingerprint density at radius 3 is 2.69 bits per heavy atom. The Kier molecular flexibility index (Phi) is 8.06. The van der Waals surface area contributed by atoms with E-state index in [1.54, 1.807) is 12.4 Å². The molecule has 3 aliphatic heterocycles. The molecule has 0 radical (unpaired) electrons. The number of ether oxygens (including phenoxy) is 3. The first kappa shape index (κ1) is 24.3. The minimum atomic E-state index is -0.542. The van der Waals surface area contributed by atoms with Crippen molar-refractivity contribution in [1.82, 2.24) is 14.8 Å². The Balaban J connectivity index is 1.26. The second-order valence-corrected chi connectivity index (χ2v) is 9.70. The zero-order valence-corrected chi connectivity index (χ0v) is 20.1. The summed E-state index contributed by atoms with van der Waals surface area (Å²) in [4.78, 5) is 21.1. The monoisotopic (exact) mass is 481 g/mol. The third-order valence-corrected chi connectivity index (χ3v) is 7.18. The van der Waals surface area contributed by atoms with E-state index < -0.39 is 6.10 Å². The molecule has 0 bridgehead atoms. The van der Waals surface area contributed by atoms with Crippen LogP contribution in [0.3, 0.4) is 0 Å². The summed E-state index contributed by atoms with van der Waals surface area (Å²) in [6, 6.07) is 12.7. The van der Waals surface area contributed by atoms with Crippen LogP contribution in [0.4, 0.5) is 0 Å². The lowest BCUT2D eigenvalue weighted by Gasteiger charge is -2.44. The van der Waals surface area contributed by atoms with Crippen molar-refractivity contribution in [2.45, 2.75) is 50.2 Å². The Labute approximate surface area is 206 Å². The molecular weight excluding hydrogens is 446 g/mol. The van der Waals surface area contributed by atoms with E-state index in [-0.39, 0.29) is 30.8 Å². The molecule has 3 fully saturated rings. The first-order valence-corrected chi connectivity index (χ1v) is 12.7. The summed E-state index contributed by atoms with van der Waals surface area (Å²) < 4.78 is 17.6. The van der Waals surface area contributed by atoms with Gasteiger partial charge in [0.2, 0.25) is 5.91 Å². The van der Waals surface area contributed by atoms with Gasteiger partial charge in [0.05, 0.1) is 51.2 Å². The number of hydrogen-bond acceptors (Lipinski definition) is 7. The largest absolute Gasteiger partial charge is 0.389 e. The molecule has 2 aromatic rings. The van der Waals surface area contributed by atoms with Crippen LogP contribution in [0.1, 0.15) is 24.8 Å². The van der Waals surface area contributed by atoms with Crippen LogP contribution < -0.4 is 0 Å². The fourth-order valence-corrected chi connectivity index (χ4v) is 5.39. The van der Waals surface area contributed by atoms with Crippen molar-refractivity contribution < 1.29 is 24.1 Å². The van der Waals surface area contributed by atoms with Crippen LogP contribution in [0.25, 0.3) is 11.1 Å². The molecule has 5 rings (SSSR count). The van der Waals surface area contributed by atoms with Crippen LogP contribution in [0.2, 0.25) is 0 Å². The van der Waals surface area contributed by atoms with Gasteiger partial charge in [-0.1, -0.05) is 18.2 Å². The zero-order valence-electron chi connectivity index (χ0n) is 20.1. The highest BCUT2D eigenvalue weighted by molar-refractivity contribution is 5.76. The van der Waals surface area contributed by atoms with Crippen molar-refractivity contribution in [3.63, 3.8) is 0 Å². The molecule has 0 aliphatic carbocycles. The number of morpholine rings is 1. The number of amides is 1. The molecule has 0 unspecified atom stereocenters. The summed E-state index contributed by atoms with van der Waals surface area (Å²) in [6.45, 7) is 4.50. The van der Waals surface area contributed by atoms with E-state index in [0.717, 1.165) is 30.5 Å². The average Bonchev–Trinajstić information content (AvgIpc) is 2.89. The van der Waals surface area contributed by atoms with Gasteiger partial charge >= 0.3 is 0 Å². The molecule has 8 heteroatoms. The van der Waals surface area contributed by atoms with E-state index in [0.29, 0.717) is 45.9 Å². The molecule has 8 nitrogen and oxygen atoms in total. The first-order valence-electron chi connectivity index (χ1n) is 12.7. The number of β-amino-alcohol motifs (C(OH)–C–C–N with tert-alkyl or cyclic N) is 1. The molecule has 4 atom stereocenters. The van der Waals surface area contributed by atoms with Crippen molar-refractivity contribution in [1.29, 1.82) is 0 Å². The van der Waals surface area contributed by atoms with Crippen LogP contribution in [0.5, 0.6) is 0 Å². The van der Waals surface area contributed by atoms with Crippen LogP contribution in [0, 0.1) is 0 Å². The van der Waals surface area contributed by atoms with Crippen LogP contribution in [0.15, 0.2) is 48.8 Å². The summed E-state index contributed by atoms with van der Waals surface area (Å²) in [5.74, 6) is 0.142. The average molecular weight is 482 g/mol. The van der Waals surface area contributed by atoms with Crippen molar-refractivity contribution in [2.75, 3.05) is 46.1 Å². The van der Waals surface area contributed by atoms with Crippen LogP contribution in [-0.2, 0) is 25.5 Å². The van der Waals surface area contributed by atoms with E-state index in [4.69, 9.17) is 14.2 Å². The predicted octanol–water partition coefficient (Wildman–Crippen LogP) is 2.11. The maximum atomic E-state index is 12.8. The van der Waals surface area contributed by atoms with Gasteiger partial charge in [0.1, 0.15) is 0 Å². The number of carbonyl (C=O) groups excluding carboxylic acids is 1. The molecule has 188 valence electrons. The highest BCUT2D eigenvalue weighted by Crippen LogP contribution is 2.30. The molecule has 35 heavy (non-hydrogen) atoms. The van der Waals surface area contributed by atoms with Gasteiger partial charge in [0.25, 0.3) is 0 Å². The minimum Gasteiger partial charge on any atom is -0.389 e. The quantitative estimate of drug-likeness (QED) is 0.700. The maximum Gasteiger partial charge on any atom is 0.225 e. The summed E-state index contributed by atoms with van der Waals surface area (Å²) in [5.41, 5.74) is 3.48. The summed E-state index contributed by atoms with van der Waals surface area (Å²) in [5, 5.41) is 10.5. The SMILES string of the molecule is O=C(C[C@@H]1CC[C@@H]2[C@H](COC[C@@H](O)CN2Cc2cccc(-c3ccncc3)c2)O1)N1CCOCC1. The molecular formula is C27H35N3O5. The molecule has 0 spiro atoms. The predicted molar refractivity (Wildman–Crippen MR) is 131 cm³/mol. The molecule has 4 heterocycles. The smallest absolute Gasteiger partial charge is 0.225 e. The second-order valence-electron chi connectivity index (χ2n) is 9.70. The number of rotatable bonds is 5. The minimum absolute atomic E-state index is 0.101. The van der Waals surface area contributed by atoms with E-state index in [1.807, 2.05) is 17.0 Å². The number of aliphatic hydroxyl groups is 1. The Morgan fingerprint density at radius 1 is 1.03 bits per heavy atom. The van der Waals surface area contributed by atoms with E-state index in [2.05, 4.69) is 34.1 Å². The van der Waals surface area contributed by atoms with Gasteiger partial charge in [0, 0.05) is 44.6 Å². The third-order valence-electron chi connectivity index (χ3n) is 7.18. The molecule has 1 N–H and O–H groups in total. The van der Waals surface area contributed by atoms with E-state index in [1.165, 1.54) is 5.56 Å². The number of nitrogens with zero attached hydrogens (tertiary/aromatic N) is 3. The summed E-state index contributed by atoms with van der Waals surface area (Å²) >= 11 is 0. The van der Waals surface area contributed by atoms with Crippen molar-refractivity contribution >= 4 is 5.91 Å². The lowest BCUT2D eigenvalue weighted by Crippen LogP contribution is -2.55. The fourth-order valence-electron chi connectivity index (χ4n) is 5.39. The second kappa shape index (κ2) is 11.6. The summed E-state index contributed by atoms with van der Waals surface area (Å²) in [6.07, 6.45) is 4.98. The highest BCUT2D eigenvalue weighted by atomic mass is 16.5. The molecule has 3 aliphatic rings. The topological polar surface area (TPSA) is 84.4 Å². The van der Waals surface area contributed by atoms with E-state index >= 15 is 0 Å². The molecule has 1 aromatic heterocycles. The lowest BCUT2D eigenvalue weighted by molar-refractivity contribution is -0.162. The maximum absolute atomic E-state index is 12.8. The normalized spacial score (nSPS) is 28.1. The number of pyridine rings is 1. The molecule has 1 aromatic carbocycles. The van der Waals surface area contributed by atoms with Gasteiger partial charge < -0.3 is 24.2 Å². The first-order chi connectivity index (χ1) is 17.2. The lowest BCUT2D eigenvalue weighted by atomic mass is 9.94. The van der Waals surface area contributed by atoms with Gasteiger partial charge in [-0.15, -0.1) is 0 Å². The molecule has 1 amide bonds. The van der Waals surface area contributed by atoms with Crippen molar-refractivity contribution in [3.8, 4) is 11.1 Å². The van der Waals surface area contributed by atoms with E-state index in [9.17, 15) is 9.90 Å². The number of aliphatic hydroxyl groups excluding tert-OH is 1. The third kappa shape index (κ3) is 6.26.